The Morgan fingerprint density at radius 1 is 1.10 bits per heavy atom. The minimum Gasteiger partial charge on any atom is -0.392 e. The van der Waals surface area contributed by atoms with Gasteiger partial charge in [-0.2, -0.15) is 0 Å². The van der Waals surface area contributed by atoms with Crippen molar-refractivity contribution in [2.24, 2.45) is 0 Å². The number of carbonyl (C=O) groups excluding carboxylic acids is 1. The number of nitrogens with one attached hydrogen (secondary N) is 1. The molecule has 2 rings (SSSR count). The van der Waals surface area contributed by atoms with Crippen LogP contribution in [0.4, 0.5) is 5.69 Å². The first kappa shape index (κ1) is 15.2. The van der Waals surface area contributed by atoms with E-state index in [-0.39, 0.29) is 12.5 Å². The van der Waals surface area contributed by atoms with E-state index >= 15 is 0 Å². The van der Waals surface area contributed by atoms with E-state index in [4.69, 9.17) is 9.84 Å². The van der Waals surface area contributed by atoms with Crippen LogP contribution in [0.1, 0.15) is 18.1 Å². The third-order valence-electron chi connectivity index (χ3n) is 3.12. The van der Waals surface area contributed by atoms with Gasteiger partial charge in [-0.05, 0) is 30.2 Å². The highest BCUT2D eigenvalue weighted by Crippen LogP contribution is 2.11. The topological polar surface area (TPSA) is 58.6 Å². The predicted octanol–water partition coefficient (Wildman–Crippen LogP) is 2.72. The van der Waals surface area contributed by atoms with E-state index < -0.39 is 6.10 Å². The molecule has 0 fully saturated rings. The summed E-state index contributed by atoms with van der Waals surface area (Å²) in [4.78, 5) is 12.0. The Balaban J connectivity index is 1.84. The third-order valence-corrected chi connectivity index (χ3v) is 3.12. The summed E-state index contributed by atoms with van der Waals surface area (Å²) in [5.74, 6) is -0.192. The largest absolute Gasteiger partial charge is 0.392 e. The molecule has 0 aliphatic rings. The van der Waals surface area contributed by atoms with Crippen LogP contribution in [-0.2, 0) is 22.7 Å². The van der Waals surface area contributed by atoms with Gasteiger partial charge in [-0.3, -0.25) is 4.79 Å². The Bertz CT molecular complexity index is 566. The van der Waals surface area contributed by atoms with Crippen molar-refractivity contribution in [3.05, 3.63) is 65.7 Å². The van der Waals surface area contributed by atoms with Crippen LogP contribution in [0.2, 0.25) is 0 Å². The second kappa shape index (κ2) is 7.57. The zero-order valence-corrected chi connectivity index (χ0v) is 12.0. The molecule has 0 saturated heterocycles. The number of ether oxygens (including phenoxy) is 1. The first-order chi connectivity index (χ1) is 10.2. The molecular weight excluding hydrogens is 266 g/mol. The molecule has 0 aliphatic heterocycles. The van der Waals surface area contributed by atoms with Gasteiger partial charge in [0, 0.05) is 5.69 Å². The molecule has 4 nitrogen and oxygen atoms in total. The van der Waals surface area contributed by atoms with Crippen LogP contribution in [0.3, 0.4) is 0 Å². The highest BCUT2D eigenvalue weighted by molar-refractivity contribution is 5.93. The number of rotatable bonds is 6. The number of carbonyl (C=O) groups is 1. The smallest absolute Gasteiger partial charge is 0.253 e. The molecule has 0 saturated carbocycles. The van der Waals surface area contributed by atoms with Crippen LogP contribution in [0.25, 0.3) is 0 Å². The molecule has 4 heteroatoms. The quantitative estimate of drug-likeness (QED) is 0.858. The second-order valence-corrected chi connectivity index (χ2v) is 4.78. The number of anilines is 1. The molecule has 1 unspecified atom stereocenters. The molecule has 0 aliphatic carbocycles. The predicted molar refractivity (Wildman–Crippen MR) is 81.7 cm³/mol. The van der Waals surface area contributed by atoms with Crippen LogP contribution < -0.4 is 5.32 Å². The molecule has 2 aromatic carbocycles. The zero-order chi connectivity index (χ0) is 15.1. The number of hydrogen-bond acceptors (Lipinski definition) is 3. The first-order valence-corrected chi connectivity index (χ1v) is 6.85. The van der Waals surface area contributed by atoms with Crippen LogP contribution in [0.5, 0.6) is 0 Å². The van der Waals surface area contributed by atoms with Crippen molar-refractivity contribution in [2.75, 3.05) is 5.32 Å². The minimum atomic E-state index is -0.539. The van der Waals surface area contributed by atoms with E-state index in [9.17, 15) is 4.79 Å². The normalized spacial score (nSPS) is 11.9. The van der Waals surface area contributed by atoms with Crippen molar-refractivity contribution in [2.45, 2.75) is 26.2 Å². The molecule has 1 atom stereocenters. The summed E-state index contributed by atoms with van der Waals surface area (Å²) in [5.41, 5.74) is 2.53. The number of aliphatic hydroxyl groups excluding tert-OH is 1. The van der Waals surface area contributed by atoms with Gasteiger partial charge in [0.25, 0.3) is 5.91 Å². The van der Waals surface area contributed by atoms with Gasteiger partial charge in [0.15, 0.2) is 0 Å². The van der Waals surface area contributed by atoms with Gasteiger partial charge in [0.1, 0.15) is 6.10 Å². The average Bonchev–Trinajstić information content (AvgIpc) is 2.54. The number of hydrogen-bond donors (Lipinski definition) is 2. The monoisotopic (exact) mass is 285 g/mol. The Morgan fingerprint density at radius 3 is 2.38 bits per heavy atom. The summed E-state index contributed by atoms with van der Waals surface area (Å²) >= 11 is 0. The Morgan fingerprint density at radius 2 is 1.76 bits per heavy atom. The van der Waals surface area contributed by atoms with E-state index in [0.29, 0.717) is 12.3 Å². The lowest BCUT2D eigenvalue weighted by atomic mass is 10.2. The van der Waals surface area contributed by atoms with E-state index in [2.05, 4.69) is 5.32 Å². The second-order valence-electron chi connectivity index (χ2n) is 4.78. The number of aliphatic hydroxyl groups is 1. The minimum absolute atomic E-state index is 0.00911. The number of amides is 1. The standard InChI is InChI=1S/C17H19NO3/c1-13(21-12-15-5-3-2-4-6-15)17(20)18-16-9-7-14(11-19)8-10-16/h2-10,13,19H,11-12H2,1H3,(H,18,20). The van der Waals surface area contributed by atoms with E-state index in [0.717, 1.165) is 11.1 Å². The fourth-order valence-corrected chi connectivity index (χ4v) is 1.81. The summed E-state index contributed by atoms with van der Waals surface area (Å²) in [7, 11) is 0. The number of benzene rings is 2. The van der Waals surface area contributed by atoms with Gasteiger partial charge in [0.05, 0.1) is 13.2 Å². The molecule has 0 heterocycles. The molecule has 0 radical (unpaired) electrons. The lowest BCUT2D eigenvalue weighted by molar-refractivity contribution is -0.127. The highest BCUT2D eigenvalue weighted by atomic mass is 16.5. The maximum atomic E-state index is 12.0. The van der Waals surface area contributed by atoms with Crippen molar-refractivity contribution < 1.29 is 14.6 Å². The molecule has 0 aromatic heterocycles. The first-order valence-electron chi connectivity index (χ1n) is 6.85. The van der Waals surface area contributed by atoms with Gasteiger partial charge in [-0.15, -0.1) is 0 Å². The van der Waals surface area contributed by atoms with Gasteiger partial charge in [0.2, 0.25) is 0 Å². The Labute approximate surface area is 124 Å². The summed E-state index contributed by atoms with van der Waals surface area (Å²) in [6.07, 6.45) is -0.539. The van der Waals surface area contributed by atoms with Crippen molar-refractivity contribution in [1.29, 1.82) is 0 Å². The summed E-state index contributed by atoms with van der Waals surface area (Å²) in [6, 6.07) is 16.8. The van der Waals surface area contributed by atoms with E-state index in [1.807, 2.05) is 30.3 Å². The van der Waals surface area contributed by atoms with Crippen molar-refractivity contribution in [1.82, 2.24) is 0 Å². The highest BCUT2D eigenvalue weighted by Gasteiger charge is 2.13. The molecule has 2 N–H and O–H groups in total. The molecule has 0 spiro atoms. The van der Waals surface area contributed by atoms with Gasteiger partial charge >= 0.3 is 0 Å². The van der Waals surface area contributed by atoms with Crippen molar-refractivity contribution in [3.63, 3.8) is 0 Å². The SMILES string of the molecule is CC(OCc1ccccc1)C(=O)Nc1ccc(CO)cc1. The molecule has 0 bridgehead atoms. The lowest BCUT2D eigenvalue weighted by Crippen LogP contribution is -2.27. The zero-order valence-electron chi connectivity index (χ0n) is 12.0. The molecule has 110 valence electrons. The fourth-order valence-electron chi connectivity index (χ4n) is 1.81. The lowest BCUT2D eigenvalue weighted by Gasteiger charge is -2.13. The third kappa shape index (κ3) is 4.70. The Hall–Kier alpha value is -2.17. The average molecular weight is 285 g/mol. The maximum Gasteiger partial charge on any atom is 0.253 e. The van der Waals surface area contributed by atoms with Gasteiger partial charge in [-0.25, -0.2) is 0 Å². The molecular formula is C17H19NO3. The van der Waals surface area contributed by atoms with E-state index in [1.54, 1.807) is 31.2 Å². The van der Waals surface area contributed by atoms with Crippen LogP contribution in [-0.4, -0.2) is 17.1 Å². The summed E-state index contributed by atoms with van der Waals surface area (Å²) in [6.45, 7) is 2.12. The van der Waals surface area contributed by atoms with Crippen molar-refractivity contribution >= 4 is 11.6 Å². The van der Waals surface area contributed by atoms with Crippen LogP contribution in [0, 0.1) is 0 Å². The molecule has 21 heavy (non-hydrogen) atoms. The van der Waals surface area contributed by atoms with Gasteiger partial charge < -0.3 is 15.2 Å². The van der Waals surface area contributed by atoms with E-state index in [1.165, 1.54) is 0 Å². The molecule has 1 amide bonds. The summed E-state index contributed by atoms with van der Waals surface area (Å²) < 4.78 is 5.55. The Kier molecular flexibility index (Phi) is 5.49. The van der Waals surface area contributed by atoms with Crippen LogP contribution >= 0.6 is 0 Å². The fraction of sp³-hybridized carbons (Fsp3) is 0.235. The van der Waals surface area contributed by atoms with Gasteiger partial charge in [-0.1, -0.05) is 42.5 Å². The maximum absolute atomic E-state index is 12.0. The van der Waals surface area contributed by atoms with Crippen LogP contribution in [0.15, 0.2) is 54.6 Å². The molecule has 2 aromatic rings. The van der Waals surface area contributed by atoms with Crippen molar-refractivity contribution in [3.8, 4) is 0 Å². The summed E-state index contributed by atoms with van der Waals surface area (Å²) in [5, 5.41) is 11.8.